The number of hydrogen-bond donors (Lipinski definition) is 2. The number of amides is 2. The van der Waals surface area contributed by atoms with Crippen LogP contribution in [0.25, 0.3) is 10.9 Å². The van der Waals surface area contributed by atoms with E-state index in [-0.39, 0.29) is 41.8 Å². The standard InChI is InChI=1S/C26H28Cl2FN5O5/c1-26(2,3)39-25(37)33-7-8-34(24(35)36)15(12-33)9-14-10-16-19(11-20(14)38-4)30-13-31-23(16)32-18-6-5-17(27)21(28)22(18)29/h5-6,10-11,13,15H,7-9,12H2,1-4H3,(H,35,36)(H,30,31,32). The maximum atomic E-state index is 14.7. The van der Waals surface area contributed by atoms with Gasteiger partial charge >= 0.3 is 12.2 Å². The number of rotatable bonds is 5. The van der Waals surface area contributed by atoms with Crippen molar-refractivity contribution < 1.29 is 28.6 Å². The summed E-state index contributed by atoms with van der Waals surface area (Å²) in [6.45, 7) is 5.78. The van der Waals surface area contributed by atoms with Gasteiger partial charge in [-0.2, -0.15) is 0 Å². The molecule has 1 saturated heterocycles. The molecule has 0 aliphatic carbocycles. The zero-order chi connectivity index (χ0) is 28.5. The van der Waals surface area contributed by atoms with Crippen LogP contribution in [0.5, 0.6) is 5.75 Å². The van der Waals surface area contributed by atoms with E-state index in [1.54, 1.807) is 32.9 Å². The second-order valence-corrected chi connectivity index (χ2v) is 10.8. The minimum Gasteiger partial charge on any atom is -0.496 e. The highest BCUT2D eigenvalue weighted by Crippen LogP contribution is 2.35. The van der Waals surface area contributed by atoms with E-state index in [1.807, 2.05) is 0 Å². The fourth-order valence-electron chi connectivity index (χ4n) is 4.36. The van der Waals surface area contributed by atoms with E-state index in [1.165, 1.54) is 35.4 Å². The van der Waals surface area contributed by atoms with Crippen molar-refractivity contribution in [1.29, 1.82) is 0 Å². The number of anilines is 2. The van der Waals surface area contributed by atoms with E-state index < -0.39 is 29.6 Å². The minimum atomic E-state index is -1.09. The van der Waals surface area contributed by atoms with E-state index >= 15 is 0 Å². The highest BCUT2D eigenvalue weighted by Gasteiger charge is 2.35. The largest absolute Gasteiger partial charge is 0.496 e. The van der Waals surface area contributed by atoms with Crippen molar-refractivity contribution in [3.63, 3.8) is 0 Å². The second-order valence-electron chi connectivity index (χ2n) is 10.0. The van der Waals surface area contributed by atoms with Crippen LogP contribution < -0.4 is 10.1 Å². The van der Waals surface area contributed by atoms with E-state index in [0.29, 0.717) is 28.0 Å². The van der Waals surface area contributed by atoms with Crippen molar-refractivity contribution in [2.45, 2.75) is 38.8 Å². The molecule has 2 heterocycles. The molecule has 1 atom stereocenters. The van der Waals surface area contributed by atoms with Crippen LogP contribution in [-0.4, -0.2) is 75.4 Å². The van der Waals surface area contributed by atoms with Gasteiger partial charge in [0, 0.05) is 31.1 Å². The number of ether oxygens (including phenoxy) is 2. The summed E-state index contributed by atoms with van der Waals surface area (Å²) in [5.74, 6) is 0.0501. The van der Waals surface area contributed by atoms with E-state index in [2.05, 4.69) is 15.3 Å². The molecule has 1 unspecified atom stereocenters. The number of nitrogens with zero attached hydrogens (tertiary/aromatic N) is 4. The smallest absolute Gasteiger partial charge is 0.410 e. The molecule has 1 aliphatic heterocycles. The predicted octanol–water partition coefficient (Wildman–Crippen LogP) is 5.97. The highest BCUT2D eigenvalue weighted by atomic mass is 35.5. The fraction of sp³-hybridized carbons (Fsp3) is 0.385. The van der Waals surface area contributed by atoms with Gasteiger partial charge in [0.1, 0.15) is 23.5 Å². The van der Waals surface area contributed by atoms with Crippen molar-refractivity contribution in [2.75, 3.05) is 32.1 Å². The Kier molecular flexibility index (Phi) is 8.22. The van der Waals surface area contributed by atoms with E-state index in [4.69, 9.17) is 32.7 Å². The lowest BCUT2D eigenvalue weighted by atomic mass is 9.99. The molecule has 1 aromatic heterocycles. The van der Waals surface area contributed by atoms with Crippen molar-refractivity contribution >= 4 is 57.8 Å². The summed E-state index contributed by atoms with van der Waals surface area (Å²) in [4.78, 5) is 36.1. The lowest BCUT2D eigenvalue weighted by molar-refractivity contribution is 0.00536. The molecule has 0 bridgehead atoms. The number of benzene rings is 2. The molecular formula is C26H28Cl2FN5O5. The third kappa shape index (κ3) is 6.36. The maximum absolute atomic E-state index is 14.7. The summed E-state index contributed by atoms with van der Waals surface area (Å²) < 4.78 is 25.8. The molecule has 0 spiro atoms. The van der Waals surface area contributed by atoms with Crippen molar-refractivity contribution in [2.24, 2.45) is 0 Å². The molecular weight excluding hydrogens is 552 g/mol. The zero-order valence-electron chi connectivity index (χ0n) is 21.8. The Balaban J connectivity index is 1.69. The van der Waals surface area contributed by atoms with Crippen molar-refractivity contribution in [1.82, 2.24) is 19.8 Å². The number of piperazine rings is 1. The highest BCUT2D eigenvalue weighted by molar-refractivity contribution is 6.42. The first-order valence-corrected chi connectivity index (χ1v) is 12.8. The van der Waals surface area contributed by atoms with Crippen LogP contribution in [0.15, 0.2) is 30.6 Å². The number of methoxy groups -OCH3 is 1. The maximum Gasteiger partial charge on any atom is 0.410 e. The molecule has 10 nitrogen and oxygen atoms in total. The Bertz CT molecular complexity index is 1420. The van der Waals surface area contributed by atoms with Gasteiger partial charge in [-0.1, -0.05) is 23.2 Å². The lowest BCUT2D eigenvalue weighted by Gasteiger charge is -2.40. The number of aromatic nitrogens is 2. The number of fused-ring (bicyclic) bond motifs is 1. The van der Waals surface area contributed by atoms with E-state index in [9.17, 15) is 19.1 Å². The Labute approximate surface area is 234 Å². The molecule has 0 saturated carbocycles. The van der Waals surface area contributed by atoms with Gasteiger partial charge < -0.3 is 29.7 Å². The zero-order valence-corrected chi connectivity index (χ0v) is 23.3. The number of nitrogens with one attached hydrogen (secondary N) is 1. The molecule has 4 rings (SSSR count). The number of carbonyl (C=O) groups excluding carboxylic acids is 1. The Morgan fingerprint density at radius 2 is 1.95 bits per heavy atom. The van der Waals surface area contributed by atoms with Gasteiger partial charge in [0.05, 0.1) is 34.4 Å². The molecule has 3 aromatic rings. The first-order valence-electron chi connectivity index (χ1n) is 12.1. The van der Waals surface area contributed by atoms with Crippen molar-refractivity contribution in [3.8, 4) is 5.75 Å². The fourth-order valence-corrected chi connectivity index (χ4v) is 4.67. The van der Waals surface area contributed by atoms with E-state index in [0.717, 1.165) is 0 Å². The van der Waals surface area contributed by atoms with Gasteiger partial charge in [-0.05, 0) is 51.0 Å². The molecule has 1 fully saturated rings. The van der Waals surface area contributed by atoms with Gasteiger partial charge in [0.15, 0.2) is 5.82 Å². The first-order chi connectivity index (χ1) is 18.4. The van der Waals surface area contributed by atoms with Crippen LogP contribution in [0.3, 0.4) is 0 Å². The van der Waals surface area contributed by atoms with Gasteiger partial charge in [-0.15, -0.1) is 0 Å². The summed E-state index contributed by atoms with van der Waals surface area (Å²) >= 11 is 11.9. The van der Waals surface area contributed by atoms with Crippen LogP contribution in [0, 0.1) is 5.82 Å². The summed E-state index contributed by atoms with van der Waals surface area (Å²) in [6, 6.07) is 5.79. The number of carboxylic acid groups (broad SMARTS) is 1. The number of hydrogen-bond acceptors (Lipinski definition) is 7. The monoisotopic (exact) mass is 579 g/mol. The molecule has 39 heavy (non-hydrogen) atoms. The van der Waals surface area contributed by atoms with Gasteiger partial charge in [0.2, 0.25) is 0 Å². The quantitative estimate of drug-likeness (QED) is 0.355. The second kappa shape index (κ2) is 11.3. The summed E-state index contributed by atoms with van der Waals surface area (Å²) in [5, 5.41) is 13.2. The lowest BCUT2D eigenvalue weighted by Crippen LogP contribution is -2.57. The summed E-state index contributed by atoms with van der Waals surface area (Å²) in [5.41, 5.74) is 0.552. The number of halogens is 3. The topological polar surface area (TPSA) is 117 Å². The van der Waals surface area contributed by atoms with Crippen LogP contribution in [0.2, 0.25) is 10.0 Å². The average molecular weight is 580 g/mol. The molecule has 208 valence electrons. The van der Waals surface area contributed by atoms with Crippen LogP contribution in [0.4, 0.5) is 25.5 Å². The molecule has 2 amide bonds. The Morgan fingerprint density at radius 1 is 1.21 bits per heavy atom. The Hall–Kier alpha value is -3.57. The molecule has 1 aliphatic rings. The van der Waals surface area contributed by atoms with Gasteiger partial charge in [-0.3, -0.25) is 0 Å². The third-order valence-corrected chi connectivity index (χ3v) is 6.94. The van der Waals surface area contributed by atoms with Crippen LogP contribution in [0.1, 0.15) is 26.3 Å². The van der Waals surface area contributed by atoms with Gasteiger partial charge in [-0.25, -0.2) is 23.9 Å². The predicted molar refractivity (Wildman–Crippen MR) is 146 cm³/mol. The minimum absolute atomic E-state index is 0.0686. The van der Waals surface area contributed by atoms with Crippen LogP contribution >= 0.6 is 23.2 Å². The van der Waals surface area contributed by atoms with Crippen LogP contribution in [-0.2, 0) is 11.2 Å². The average Bonchev–Trinajstić information content (AvgIpc) is 2.87. The summed E-state index contributed by atoms with van der Waals surface area (Å²) in [7, 11) is 1.50. The normalized spacial score (nSPS) is 15.8. The SMILES string of the molecule is COc1cc2ncnc(Nc3ccc(Cl)c(Cl)c3F)c2cc1CC1CN(C(=O)OC(C)(C)C)CCN1C(=O)O. The molecule has 0 radical (unpaired) electrons. The van der Waals surface area contributed by atoms with Gasteiger partial charge in [0.25, 0.3) is 0 Å². The first kappa shape index (κ1) is 28.4. The molecule has 2 aromatic carbocycles. The van der Waals surface area contributed by atoms with Crippen molar-refractivity contribution in [3.05, 3.63) is 52.0 Å². The molecule has 2 N–H and O–H groups in total. The molecule has 13 heteroatoms. The third-order valence-electron chi connectivity index (χ3n) is 6.16. The number of carbonyl (C=O) groups is 2. The Morgan fingerprint density at radius 3 is 2.62 bits per heavy atom. The summed E-state index contributed by atoms with van der Waals surface area (Å²) in [6.07, 6.45) is -0.0540.